The van der Waals surface area contributed by atoms with Crippen molar-refractivity contribution in [1.29, 1.82) is 0 Å². The summed E-state index contributed by atoms with van der Waals surface area (Å²) in [6.07, 6.45) is 7.42. The van der Waals surface area contributed by atoms with Gasteiger partial charge in [-0.3, -0.25) is 4.79 Å². The lowest BCUT2D eigenvalue weighted by Crippen LogP contribution is -2.32. The zero-order valence-electron chi connectivity index (χ0n) is 11.7. The van der Waals surface area contributed by atoms with E-state index in [1.54, 1.807) is 18.6 Å². The second-order valence-corrected chi connectivity index (χ2v) is 5.18. The molecule has 2 aromatic rings. The molecule has 3 heterocycles. The monoisotopic (exact) mass is 286 g/mol. The number of carbonyl (C=O) groups is 1. The molecule has 0 radical (unpaired) electrons. The molecule has 1 saturated heterocycles. The summed E-state index contributed by atoms with van der Waals surface area (Å²) in [5.41, 5.74) is 0.650. The first-order valence-electron chi connectivity index (χ1n) is 7.13. The average Bonchev–Trinajstić information content (AvgIpc) is 3.03. The van der Waals surface area contributed by atoms with E-state index in [0.29, 0.717) is 23.8 Å². The molecule has 1 amide bonds. The number of nitrogens with one attached hydrogen (secondary N) is 2. The van der Waals surface area contributed by atoms with Crippen LogP contribution in [0.3, 0.4) is 0 Å². The van der Waals surface area contributed by atoms with Gasteiger partial charge in [-0.05, 0) is 44.0 Å². The number of aromatic nitrogens is 4. The first-order chi connectivity index (χ1) is 10.3. The highest BCUT2D eigenvalue weighted by atomic mass is 16.1. The summed E-state index contributed by atoms with van der Waals surface area (Å²) in [5, 5.41) is 10.3. The predicted molar refractivity (Wildman–Crippen MR) is 78.0 cm³/mol. The quantitative estimate of drug-likeness (QED) is 0.875. The van der Waals surface area contributed by atoms with E-state index in [1.165, 1.54) is 11.0 Å². The SMILES string of the molecule is O=C(CC1CCCNC1)Nc1cccnc1-n1cncn1. The van der Waals surface area contributed by atoms with Crippen LogP contribution in [0.1, 0.15) is 19.3 Å². The van der Waals surface area contributed by atoms with Gasteiger partial charge in [0.2, 0.25) is 5.91 Å². The summed E-state index contributed by atoms with van der Waals surface area (Å²) >= 11 is 0. The maximum atomic E-state index is 12.2. The Morgan fingerprint density at radius 1 is 1.52 bits per heavy atom. The number of hydrogen-bond acceptors (Lipinski definition) is 5. The van der Waals surface area contributed by atoms with Crippen LogP contribution < -0.4 is 10.6 Å². The topological polar surface area (TPSA) is 84.7 Å². The molecule has 2 aromatic heterocycles. The highest BCUT2D eigenvalue weighted by Crippen LogP contribution is 2.18. The van der Waals surface area contributed by atoms with Crippen LogP contribution in [0.4, 0.5) is 5.69 Å². The maximum Gasteiger partial charge on any atom is 0.224 e. The number of pyridine rings is 1. The third kappa shape index (κ3) is 3.43. The number of hydrogen-bond donors (Lipinski definition) is 2. The molecular weight excluding hydrogens is 268 g/mol. The molecule has 1 atom stereocenters. The van der Waals surface area contributed by atoms with E-state index >= 15 is 0 Å². The molecular formula is C14H18N6O. The molecule has 0 aliphatic carbocycles. The summed E-state index contributed by atoms with van der Waals surface area (Å²) in [5.74, 6) is 0.994. The molecule has 110 valence electrons. The fourth-order valence-corrected chi connectivity index (χ4v) is 2.56. The highest BCUT2D eigenvalue weighted by Gasteiger charge is 2.18. The Morgan fingerprint density at radius 2 is 2.48 bits per heavy atom. The van der Waals surface area contributed by atoms with Crippen molar-refractivity contribution in [2.45, 2.75) is 19.3 Å². The van der Waals surface area contributed by atoms with Gasteiger partial charge in [0, 0.05) is 12.6 Å². The van der Waals surface area contributed by atoms with E-state index in [-0.39, 0.29) is 5.91 Å². The van der Waals surface area contributed by atoms with Crippen LogP contribution in [-0.4, -0.2) is 38.7 Å². The number of nitrogens with zero attached hydrogens (tertiary/aromatic N) is 4. The van der Waals surface area contributed by atoms with Crippen molar-refractivity contribution in [2.75, 3.05) is 18.4 Å². The Labute approximate surface area is 122 Å². The van der Waals surface area contributed by atoms with Crippen molar-refractivity contribution in [3.05, 3.63) is 31.0 Å². The number of amides is 1. The smallest absolute Gasteiger partial charge is 0.224 e. The summed E-state index contributed by atoms with van der Waals surface area (Å²) in [4.78, 5) is 20.3. The van der Waals surface area contributed by atoms with Gasteiger partial charge in [0.25, 0.3) is 0 Å². The lowest BCUT2D eigenvalue weighted by Gasteiger charge is -2.22. The van der Waals surface area contributed by atoms with E-state index in [2.05, 4.69) is 25.7 Å². The molecule has 0 aromatic carbocycles. The normalized spacial score (nSPS) is 18.4. The standard InChI is InChI=1S/C14H18N6O/c21-13(7-11-3-1-5-15-8-11)19-12-4-2-6-17-14(12)20-10-16-9-18-20/h2,4,6,9-11,15H,1,3,5,7-8H2,(H,19,21). The van der Waals surface area contributed by atoms with Gasteiger partial charge in [0.1, 0.15) is 12.7 Å². The molecule has 1 fully saturated rings. The van der Waals surface area contributed by atoms with Crippen molar-refractivity contribution in [2.24, 2.45) is 5.92 Å². The fraction of sp³-hybridized carbons (Fsp3) is 0.429. The van der Waals surface area contributed by atoms with E-state index in [4.69, 9.17) is 0 Å². The Balaban J connectivity index is 1.68. The van der Waals surface area contributed by atoms with Crippen molar-refractivity contribution >= 4 is 11.6 Å². The number of rotatable bonds is 4. The van der Waals surface area contributed by atoms with E-state index in [0.717, 1.165) is 25.9 Å². The van der Waals surface area contributed by atoms with Crippen LogP contribution in [0.15, 0.2) is 31.0 Å². The molecule has 7 heteroatoms. The molecule has 2 N–H and O–H groups in total. The number of anilines is 1. The van der Waals surface area contributed by atoms with Crippen molar-refractivity contribution in [3.63, 3.8) is 0 Å². The summed E-state index contributed by atoms with van der Waals surface area (Å²) in [7, 11) is 0. The van der Waals surface area contributed by atoms with Crippen LogP contribution >= 0.6 is 0 Å². The second-order valence-electron chi connectivity index (χ2n) is 5.18. The molecule has 1 aliphatic heterocycles. The summed E-state index contributed by atoms with van der Waals surface area (Å²) in [6.45, 7) is 1.97. The van der Waals surface area contributed by atoms with Crippen LogP contribution in [0.25, 0.3) is 5.82 Å². The zero-order chi connectivity index (χ0) is 14.5. The summed E-state index contributed by atoms with van der Waals surface area (Å²) < 4.78 is 1.54. The Bertz CT molecular complexity index is 591. The molecule has 0 spiro atoms. The minimum Gasteiger partial charge on any atom is -0.323 e. The molecule has 1 aliphatic rings. The zero-order valence-corrected chi connectivity index (χ0v) is 11.7. The molecule has 21 heavy (non-hydrogen) atoms. The van der Waals surface area contributed by atoms with Crippen LogP contribution in [0.5, 0.6) is 0 Å². The highest BCUT2D eigenvalue weighted by molar-refractivity contribution is 5.92. The third-order valence-electron chi connectivity index (χ3n) is 3.57. The predicted octanol–water partition coefficient (Wildman–Crippen LogP) is 0.990. The molecule has 7 nitrogen and oxygen atoms in total. The number of piperidine rings is 1. The maximum absolute atomic E-state index is 12.2. The van der Waals surface area contributed by atoms with E-state index < -0.39 is 0 Å². The fourth-order valence-electron chi connectivity index (χ4n) is 2.56. The lowest BCUT2D eigenvalue weighted by molar-refractivity contribution is -0.117. The van der Waals surface area contributed by atoms with Gasteiger partial charge in [0.05, 0.1) is 5.69 Å². The van der Waals surface area contributed by atoms with Crippen LogP contribution in [0, 0.1) is 5.92 Å². The van der Waals surface area contributed by atoms with Gasteiger partial charge in [-0.2, -0.15) is 5.10 Å². The van der Waals surface area contributed by atoms with Crippen molar-refractivity contribution in [3.8, 4) is 5.82 Å². The first kappa shape index (κ1) is 13.7. The van der Waals surface area contributed by atoms with Gasteiger partial charge in [-0.15, -0.1) is 0 Å². The van der Waals surface area contributed by atoms with Crippen molar-refractivity contribution in [1.82, 2.24) is 25.1 Å². The Morgan fingerprint density at radius 3 is 3.24 bits per heavy atom. The van der Waals surface area contributed by atoms with Gasteiger partial charge in [-0.25, -0.2) is 14.6 Å². The second kappa shape index (κ2) is 6.45. The van der Waals surface area contributed by atoms with Gasteiger partial charge in [-0.1, -0.05) is 0 Å². The first-order valence-corrected chi connectivity index (χ1v) is 7.13. The average molecular weight is 286 g/mol. The number of carbonyl (C=O) groups excluding carboxylic acids is 1. The van der Waals surface area contributed by atoms with Crippen LogP contribution in [-0.2, 0) is 4.79 Å². The third-order valence-corrected chi connectivity index (χ3v) is 3.57. The van der Waals surface area contributed by atoms with Crippen molar-refractivity contribution < 1.29 is 4.79 Å². The van der Waals surface area contributed by atoms with Crippen LogP contribution in [0.2, 0.25) is 0 Å². The molecule has 0 saturated carbocycles. The minimum absolute atomic E-state index is 0.0121. The van der Waals surface area contributed by atoms with Gasteiger partial charge >= 0.3 is 0 Å². The molecule has 3 rings (SSSR count). The molecule has 0 bridgehead atoms. The molecule has 1 unspecified atom stereocenters. The minimum atomic E-state index is 0.0121. The Hall–Kier alpha value is -2.28. The lowest BCUT2D eigenvalue weighted by atomic mass is 9.96. The summed E-state index contributed by atoms with van der Waals surface area (Å²) in [6, 6.07) is 3.61. The van der Waals surface area contributed by atoms with E-state index in [9.17, 15) is 4.79 Å². The van der Waals surface area contributed by atoms with Gasteiger partial charge < -0.3 is 10.6 Å². The Kier molecular flexibility index (Phi) is 4.20. The largest absolute Gasteiger partial charge is 0.323 e. The van der Waals surface area contributed by atoms with Gasteiger partial charge in [0.15, 0.2) is 5.82 Å². The van der Waals surface area contributed by atoms with E-state index in [1.807, 2.05) is 6.07 Å².